The van der Waals surface area contributed by atoms with Gasteiger partial charge in [0.2, 0.25) is 0 Å². The second kappa shape index (κ2) is 13.8. The maximum Gasteiger partial charge on any atom is 0.164 e. The Morgan fingerprint density at radius 2 is 0.867 bits per heavy atom. The van der Waals surface area contributed by atoms with Gasteiger partial charge in [-0.1, -0.05) is 170 Å². The van der Waals surface area contributed by atoms with E-state index in [0.717, 1.165) is 60.9 Å². The molecule has 5 heteroatoms. The first-order chi connectivity index (χ1) is 29.8. The zero-order valence-corrected chi connectivity index (χ0v) is 32.4. The highest BCUT2D eigenvalue weighted by Crippen LogP contribution is 2.45. The molecule has 0 unspecified atom stereocenters. The van der Waals surface area contributed by atoms with Crippen LogP contribution < -0.4 is 0 Å². The van der Waals surface area contributed by atoms with Crippen molar-refractivity contribution in [3.8, 4) is 56.7 Å². The Bertz CT molecular complexity index is 3530. The molecular weight excluding hydrogens is 731 g/mol. The minimum absolute atomic E-state index is 0.631. The molecule has 0 N–H and O–H groups in total. The summed E-state index contributed by atoms with van der Waals surface area (Å²) in [5, 5.41) is 6.99. The van der Waals surface area contributed by atoms with Crippen LogP contribution in [0.2, 0.25) is 0 Å². The molecule has 12 aromatic rings. The summed E-state index contributed by atoms with van der Waals surface area (Å²) in [6.45, 7) is 0. The van der Waals surface area contributed by atoms with Crippen LogP contribution in [0.25, 0.3) is 111 Å². The molecule has 0 aliphatic rings. The minimum Gasteiger partial charge on any atom is -0.309 e. The van der Waals surface area contributed by atoms with E-state index < -0.39 is 0 Å². The van der Waals surface area contributed by atoms with Crippen LogP contribution in [0.3, 0.4) is 0 Å². The van der Waals surface area contributed by atoms with Gasteiger partial charge in [0.05, 0.1) is 22.1 Å². The van der Waals surface area contributed by atoms with Gasteiger partial charge in [-0.25, -0.2) is 15.0 Å². The third kappa shape index (κ3) is 5.44. The molecular formula is C55H35N5. The lowest BCUT2D eigenvalue weighted by Crippen LogP contribution is -2.00. The van der Waals surface area contributed by atoms with Crippen molar-refractivity contribution in [2.45, 2.75) is 0 Å². The summed E-state index contributed by atoms with van der Waals surface area (Å²) in [6, 6.07) is 75.2. The molecule has 280 valence electrons. The lowest BCUT2D eigenvalue weighted by molar-refractivity contribution is 1.08. The van der Waals surface area contributed by atoms with Gasteiger partial charge in [0.25, 0.3) is 0 Å². The third-order valence-corrected chi connectivity index (χ3v) is 11.7. The summed E-state index contributed by atoms with van der Waals surface area (Å²) < 4.78 is 4.88. The van der Waals surface area contributed by atoms with Crippen LogP contribution in [0.5, 0.6) is 0 Å². The van der Waals surface area contributed by atoms with Gasteiger partial charge in [-0.05, 0) is 64.4 Å². The second-order valence-corrected chi connectivity index (χ2v) is 15.2. The van der Waals surface area contributed by atoms with Crippen molar-refractivity contribution in [2.24, 2.45) is 0 Å². The fraction of sp³-hybridized carbons (Fsp3) is 0. The number of hydrogen-bond acceptors (Lipinski definition) is 3. The van der Waals surface area contributed by atoms with Crippen LogP contribution in [-0.2, 0) is 0 Å². The fourth-order valence-corrected chi connectivity index (χ4v) is 9.04. The summed E-state index contributed by atoms with van der Waals surface area (Å²) in [5.41, 5.74) is 11.9. The largest absolute Gasteiger partial charge is 0.309 e. The Morgan fingerprint density at radius 3 is 1.62 bits per heavy atom. The van der Waals surface area contributed by atoms with Crippen molar-refractivity contribution in [3.05, 3.63) is 212 Å². The summed E-state index contributed by atoms with van der Waals surface area (Å²) in [4.78, 5) is 15.5. The number of para-hydroxylation sites is 1. The predicted octanol–water partition coefficient (Wildman–Crippen LogP) is 13.9. The van der Waals surface area contributed by atoms with E-state index in [4.69, 9.17) is 15.0 Å². The number of rotatable bonds is 6. The average Bonchev–Trinajstić information content (AvgIpc) is 3.85. The van der Waals surface area contributed by atoms with E-state index >= 15 is 0 Å². The van der Waals surface area contributed by atoms with Crippen LogP contribution in [0.1, 0.15) is 0 Å². The van der Waals surface area contributed by atoms with E-state index in [2.05, 4.69) is 185 Å². The fourth-order valence-electron chi connectivity index (χ4n) is 9.04. The van der Waals surface area contributed by atoms with Crippen molar-refractivity contribution in [2.75, 3.05) is 0 Å². The third-order valence-electron chi connectivity index (χ3n) is 11.7. The second-order valence-electron chi connectivity index (χ2n) is 15.2. The first kappa shape index (κ1) is 33.9. The monoisotopic (exact) mass is 765 g/mol. The molecule has 0 atom stereocenters. The van der Waals surface area contributed by atoms with Crippen molar-refractivity contribution in [3.63, 3.8) is 0 Å². The molecule has 0 radical (unpaired) electrons. The Balaban J connectivity index is 1.20. The molecule has 0 saturated heterocycles. The van der Waals surface area contributed by atoms with Crippen molar-refractivity contribution in [1.29, 1.82) is 0 Å². The van der Waals surface area contributed by atoms with Crippen LogP contribution in [0.4, 0.5) is 0 Å². The Kier molecular flexibility index (Phi) is 7.78. The van der Waals surface area contributed by atoms with Crippen molar-refractivity contribution < 1.29 is 0 Å². The highest BCUT2D eigenvalue weighted by molar-refractivity contribution is 6.28. The summed E-state index contributed by atoms with van der Waals surface area (Å²) >= 11 is 0. The molecule has 60 heavy (non-hydrogen) atoms. The van der Waals surface area contributed by atoms with Crippen LogP contribution in [0, 0.1) is 0 Å². The van der Waals surface area contributed by atoms with Crippen LogP contribution >= 0.6 is 0 Å². The average molecular weight is 766 g/mol. The Morgan fingerprint density at radius 1 is 0.300 bits per heavy atom. The lowest BCUT2D eigenvalue weighted by atomic mass is 10.0. The summed E-state index contributed by atoms with van der Waals surface area (Å²) in [5.74, 6) is 1.90. The SMILES string of the molecule is c1ccc(-c2cccc(-n3c4ccccc4c4c3ccc3c5c(-c6nc(-c7ccccc7)nc(-c7ccccc7)n6)cccc5n(-c5ccc6ccccc6c5)c34)c2)cc1. The molecule has 0 spiro atoms. The molecule has 0 bridgehead atoms. The Hall–Kier alpha value is -8.15. The molecule has 0 aliphatic carbocycles. The van der Waals surface area contributed by atoms with Gasteiger partial charge in [-0.2, -0.15) is 0 Å². The molecule has 0 amide bonds. The summed E-state index contributed by atoms with van der Waals surface area (Å²) in [6.07, 6.45) is 0. The van der Waals surface area contributed by atoms with Gasteiger partial charge >= 0.3 is 0 Å². The molecule has 12 rings (SSSR count). The van der Waals surface area contributed by atoms with Crippen LogP contribution in [0.15, 0.2) is 212 Å². The summed E-state index contributed by atoms with van der Waals surface area (Å²) in [7, 11) is 0. The maximum atomic E-state index is 5.23. The normalized spacial score (nSPS) is 11.7. The topological polar surface area (TPSA) is 48.5 Å². The van der Waals surface area contributed by atoms with Gasteiger partial charge in [-0.15, -0.1) is 0 Å². The van der Waals surface area contributed by atoms with Crippen molar-refractivity contribution in [1.82, 2.24) is 24.1 Å². The lowest BCUT2D eigenvalue weighted by Gasteiger charge is -2.12. The quantitative estimate of drug-likeness (QED) is 0.169. The molecule has 0 saturated carbocycles. The smallest absolute Gasteiger partial charge is 0.164 e. The minimum atomic E-state index is 0.631. The molecule has 3 aromatic heterocycles. The van der Waals surface area contributed by atoms with E-state index in [1.807, 2.05) is 36.4 Å². The first-order valence-electron chi connectivity index (χ1n) is 20.3. The molecule has 5 nitrogen and oxygen atoms in total. The number of fused-ring (bicyclic) bond motifs is 8. The van der Waals surface area contributed by atoms with Gasteiger partial charge in [-0.3, -0.25) is 0 Å². The highest BCUT2D eigenvalue weighted by Gasteiger charge is 2.24. The van der Waals surface area contributed by atoms with Gasteiger partial charge in [0.1, 0.15) is 0 Å². The standard InChI is InChI=1S/C55H35N5/c1-4-16-36(17-5-1)41-24-14-25-42(34-41)59-47-28-13-12-26-44(47)51-49(59)33-32-45-50-46(27-15-29-48(50)60(52(45)51)43-31-30-37-18-10-11-23-40(37)35-43)55-57-53(38-19-6-2-7-20-38)56-54(58-55)39-21-8-3-9-22-39/h1-35H. The van der Waals surface area contributed by atoms with Crippen LogP contribution in [-0.4, -0.2) is 24.1 Å². The van der Waals surface area contributed by atoms with Gasteiger partial charge in [0.15, 0.2) is 17.5 Å². The molecule has 0 aliphatic heterocycles. The zero-order chi connectivity index (χ0) is 39.6. The first-order valence-corrected chi connectivity index (χ1v) is 20.3. The molecule has 0 fully saturated rings. The van der Waals surface area contributed by atoms with Crippen molar-refractivity contribution >= 4 is 54.4 Å². The zero-order valence-electron chi connectivity index (χ0n) is 32.4. The molecule has 9 aromatic carbocycles. The van der Waals surface area contributed by atoms with Gasteiger partial charge in [0, 0.05) is 49.6 Å². The number of nitrogens with zero attached hydrogens (tertiary/aromatic N) is 5. The highest BCUT2D eigenvalue weighted by atomic mass is 15.0. The maximum absolute atomic E-state index is 5.23. The Labute approximate surface area is 346 Å². The van der Waals surface area contributed by atoms with Gasteiger partial charge < -0.3 is 9.13 Å². The van der Waals surface area contributed by atoms with E-state index in [-0.39, 0.29) is 0 Å². The predicted molar refractivity (Wildman–Crippen MR) is 248 cm³/mol. The molecule has 3 heterocycles. The number of hydrogen-bond donors (Lipinski definition) is 0. The van der Waals surface area contributed by atoms with E-state index in [0.29, 0.717) is 17.5 Å². The van der Waals surface area contributed by atoms with E-state index in [1.54, 1.807) is 0 Å². The van der Waals surface area contributed by atoms with E-state index in [9.17, 15) is 0 Å². The number of benzene rings is 9. The number of aromatic nitrogens is 5. The van der Waals surface area contributed by atoms with E-state index in [1.165, 1.54) is 32.7 Å².